The number of nitrogens with one attached hydrogen (secondary N) is 3. The minimum absolute atomic E-state index is 0.485. The van der Waals surface area contributed by atoms with Crippen LogP contribution in [0.5, 0.6) is 0 Å². The third-order valence-electron chi connectivity index (χ3n) is 4.10. The van der Waals surface area contributed by atoms with Gasteiger partial charge in [-0.25, -0.2) is 4.98 Å². The third kappa shape index (κ3) is 3.54. The Morgan fingerprint density at radius 1 is 1.05 bits per heavy atom. The number of aromatic nitrogens is 2. The fourth-order valence-corrected chi connectivity index (χ4v) is 2.64. The molecular formula is C17H23N5. The summed E-state index contributed by atoms with van der Waals surface area (Å²) in [5, 5.41) is 10.2. The molecule has 1 aliphatic rings. The van der Waals surface area contributed by atoms with Crippen LogP contribution >= 0.6 is 0 Å². The summed E-state index contributed by atoms with van der Waals surface area (Å²) in [4.78, 5) is 9.22. The zero-order valence-corrected chi connectivity index (χ0v) is 13.2. The van der Waals surface area contributed by atoms with Crippen molar-refractivity contribution in [3.63, 3.8) is 0 Å². The largest absolute Gasteiger partial charge is 0.367 e. The van der Waals surface area contributed by atoms with E-state index >= 15 is 0 Å². The number of piperidine rings is 1. The van der Waals surface area contributed by atoms with E-state index in [9.17, 15) is 0 Å². The maximum atomic E-state index is 4.67. The second kappa shape index (κ2) is 6.75. The van der Waals surface area contributed by atoms with Gasteiger partial charge in [-0.05, 0) is 51.9 Å². The standard InChI is InChI=1S/C17H23N5/c1-12-13(2)19-17(21-14-6-4-3-5-7-14)22-16(12)20-15-8-10-18-11-9-15/h3-7,15,18H,8-11H2,1-2H3,(H2,19,20,21,22). The third-order valence-corrected chi connectivity index (χ3v) is 4.10. The second-order valence-electron chi connectivity index (χ2n) is 5.77. The SMILES string of the molecule is Cc1nc(Nc2ccccc2)nc(NC2CCNCC2)c1C. The summed E-state index contributed by atoms with van der Waals surface area (Å²) >= 11 is 0. The van der Waals surface area contributed by atoms with Gasteiger partial charge >= 0.3 is 0 Å². The summed E-state index contributed by atoms with van der Waals surface area (Å²) in [5.74, 6) is 1.59. The fourth-order valence-electron chi connectivity index (χ4n) is 2.64. The number of aryl methyl sites for hydroxylation is 1. The molecule has 116 valence electrons. The molecule has 0 bridgehead atoms. The Morgan fingerprint density at radius 3 is 2.50 bits per heavy atom. The van der Waals surface area contributed by atoms with Gasteiger partial charge < -0.3 is 16.0 Å². The highest BCUT2D eigenvalue weighted by atomic mass is 15.2. The number of nitrogens with zero attached hydrogens (tertiary/aromatic N) is 2. The second-order valence-corrected chi connectivity index (χ2v) is 5.77. The van der Waals surface area contributed by atoms with Gasteiger partial charge in [-0.1, -0.05) is 18.2 Å². The summed E-state index contributed by atoms with van der Waals surface area (Å²) in [6.07, 6.45) is 2.26. The van der Waals surface area contributed by atoms with Crippen molar-refractivity contribution in [2.45, 2.75) is 32.7 Å². The zero-order chi connectivity index (χ0) is 15.4. The average molecular weight is 297 g/mol. The molecule has 1 aliphatic heterocycles. The maximum absolute atomic E-state index is 4.67. The van der Waals surface area contributed by atoms with Crippen LogP contribution in [0, 0.1) is 13.8 Å². The zero-order valence-electron chi connectivity index (χ0n) is 13.2. The molecule has 0 radical (unpaired) electrons. The molecule has 1 fully saturated rings. The molecule has 5 heteroatoms. The smallest absolute Gasteiger partial charge is 0.229 e. The molecule has 22 heavy (non-hydrogen) atoms. The van der Waals surface area contributed by atoms with Crippen LogP contribution in [0.3, 0.4) is 0 Å². The first-order valence-corrected chi connectivity index (χ1v) is 7.87. The van der Waals surface area contributed by atoms with Crippen LogP contribution in [0.15, 0.2) is 30.3 Å². The van der Waals surface area contributed by atoms with E-state index in [1.54, 1.807) is 0 Å². The Morgan fingerprint density at radius 2 is 1.77 bits per heavy atom. The fraction of sp³-hybridized carbons (Fsp3) is 0.412. The van der Waals surface area contributed by atoms with Gasteiger partial charge in [0.1, 0.15) is 5.82 Å². The van der Waals surface area contributed by atoms with E-state index in [0.29, 0.717) is 12.0 Å². The molecule has 1 aromatic heterocycles. The maximum Gasteiger partial charge on any atom is 0.229 e. The Kier molecular flexibility index (Phi) is 4.53. The van der Waals surface area contributed by atoms with Crippen LogP contribution in [-0.4, -0.2) is 29.1 Å². The first-order valence-electron chi connectivity index (χ1n) is 7.87. The number of para-hydroxylation sites is 1. The van der Waals surface area contributed by atoms with Crippen molar-refractivity contribution in [1.29, 1.82) is 0 Å². The summed E-state index contributed by atoms with van der Waals surface area (Å²) in [6, 6.07) is 10.5. The highest BCUT2D eigenvalue weighted by Crippen LogP contribution is 2.21. The Labute approximate surface area is 131 Å². The quantitative estimate of drug-likeness (QED) is 0.810. The minimum Gasteiger partial charge on any atom is -0.367 e. The van der Waals surface area contributed by atoms with Crippen molar-refractivity contribution in [3.8, 4) is 0 Å². The van der Waals surface area contributed by atoms with Crippen LogP contribution in [0.1, 0.15) is 24.1 Å². The summed E-state index contributed by atoms with van der Waals surface area (Å²) in [7, 11) is 0. The normalized spacial score (nSPS) is 15.5. The molecular weight excluding hydrogens is 274 g/mol. The topological polar surface area (TPSA) is 61.9 Å². The Balaban J connectivity index is 1.80. The van der Waals surface area contributed by atoms with Crippen LogP contribution < -0.4 is 16.0 Å². The first-order chi connectivity index (χ1) is 10.7. The summed E-state index contributed by atoms with van der Waals surface area (Å²) in [5.41, 5.74) is 3.13. The van der Waals surface area contributed by atoms with Crippen molar-refractivity contribution < 1.29 is 0 Å². The first kappa shape index (κ1) is 14.8. The van der Waals surface area contributed by atoms with E-state index in [1.807, 2.05) is 37.3 Å². The van der Waals surface area contributed by atoms with Gasteiger partial charge in [-0.15, -0.1) is 0 Å². The van der Waals surface area contributed by atoms with Crippen molar-refractivity contribution in [2.24, 2.45) is 0 Å². The van der Waals surface area contributed by atoms with Crippen molar-refractivity contribution in [3.05, 3.63) is 41.6 Å². The number of hydrogen-bond acceptors (Lipinski definition) is 5. The van der Waals surface area contributed by atoms with Gasteiger partial charge in [0.15, 0.2) is 0 Å². The van der Waals surface area contributed by atoms with E-state index in [0.717, 1.165) is 48.7 Å². The summed E-state index contributed by atoms with van der Waals surface area (Å²) in [6.45, 7) is 6.23. The lowest BCUT2D eigenvalue weighted by Gasteiger charge is -2.25. The van der Waals surface area contributed by atoms with Crippen molar-refractivity contribution >= 4 is 17.5 Å². The molecule has 2 aromatic rings. The number of hydrogen-bond donors (Lipinski definition) is 3. The lowest BCUT2D eigenvalue weighted by atomic mass is 10.1. The van der Waals surface area contributed by atoms with Crippen LogP contribution in [0.25, 0.3) is 0 Å². The Hall–Kier alpha value is -2.14. The monoisotopic (exact) mass is 297 g/mol. The van der Waals surface area contributed by atoms with E-state index in [-0.39, 0.29) is 0 Å². The minimum atomic E-state index is 0.485. The van der Waals surface area contributed by atoms with Crippen molar-refractivity contribution in [1.82, 2.24) is 15.3 Å². The predicted octanol–water partition coefficient (Wildman–Crippen LogP) is 3.00. The lowest BCUT2D eigenvalue weighted by Crippen LogP contribution is -2.35. The van der Waals surface area contributed by atoms with Crippen LogP contribution in [0.2, 0.25) is 0 Å². The predicted molar refractivity (Wildman–Crippen MR) is 90.7 cm³/mol. The average Bonchev–Trinajstić information content (AvgIpc) is 2.54. The molecule has 0 aliphatic carbocycles. The van der Waals surface area contributed by atoms with Gasteiger partial charge in [0.2, 0.25) is 5.95 Å². The van der Waals surface area contributed by atoms with Gasteiger partial charge in [-0.3, -0.25) is 0 Å². The van der Waals surface area contributed by atoms with Crippen LogP contribution in [0.4, 0.5) is 17.5 Å². The highest BCUT2D eigenvalue weighted by molar-refractivity contribution is 5.57. The molecule has 0 spiro atoms. The molecule has 0 amide bonds. The van der Waals surface area contributed by atoms with Crippen LogP contribution in [-0.2, 0) is 0 Å². The molecule has 1 saturated heterocycles. The molecule has 5 nitrogen and oxygen atoms in total. The van der Waals surface area contributed by atoms with E-state index in [2.05, 4.69) is 32.8 Å². The van der Waals surface area contributed by atoms with Gasteiger partial charge in [-0.2, -0.15) is 4.98 Å². The number of anilines is 3. The number of benzene rings is 1. The molecule has 1 aromatic carbocycles. The Bertz CT molecular complexity index is 620. The van der Waals surface area contributed by atoms with Gasteiger partial charge in [0, 0.05) is 23.0 Å². The van der Waals surface area contributed by atoms with Crippen molar-refractivity contribution in [2.75, 3.05) is 23.7 Å². The molecule has 0 atom stereocenters. The van der Waals surface area contributed by atoms with E-state index in [1.165, 1.54) is 0 Å². The molecule has 3 N–H and O–H groups in total. The molecule has 2 heterocycles. The molecule has 0 saturated carbocycles. The number of rotatable bonds is 4. The van der Waals surface area contributed by atoms with E-state index < -0.39 is 0 Å². The van der Waals surface area contributed by atoms with Gasteiger partial charge in [0.25, 0.3) is 0 Å². The highest BCUT2D eigenvalue weighted by Gasteiger charge is 2.16. The van der Waals surface area contributed by atoms with Gasteiger partial charge in [0.05, 0.1) is 0 Å². The van der Waals surface area contributed by atoms with E-state index in [4.69, 9.17) is 0 Å². The molecule has 0 unspecified atom stereocenters. The summed E-state index contributed by atoms with van der Waals surface area (Å²) < 4.78 is 0. The lowest BCUT2D eigenvalue weighted by molar-refractivity contribution is 0.478. The molecule has 3 rings (SSSR count).